The molecule has 4 atom stereocenters. The van der Waals surface area contributed by atoms with E-state index in [4.69, 9.17) is 30.4 Å². The molecule has 68 heavy (non-hydrogen) atoms. The molecular weight excluding hydrogens is 899 g/mol. The quantitative estimate of drug-likeness (QED) is 0.0232. The second-order valence-corrected chi connectivity index (χ2v) is 20.4. The molecule has 0 aromatic heterocycles. The number of guanidine groups is 1. The van der Waals surface area contributed by atoms with Gasteiger partial charge in [-0.3, -0.25) is 29.0 Å². The summed E-state index contributed by atoms with van der Waals surface area (Å²) >= 11 is 0. The molecular formula is C48H71N7O12S. The molecule has 0 bridgehead atoms. The topological polar surface area (TPSA) is 286 Å². The summed E-state index contributed by atoms with van der Waals surface area (Å²) in [4.78, 5) is 83.9. The van der Waals surface area contributed by atoms with E-state index in [0.717, 1.165) is 5.56 Å². The van der Waals surface area contributed by atoms with E-state index in [-0.39, 0.29) is 50.3 Å². The van der Waals surface area contributed by atoms with Crippen LogP contribution < -0.4 is 36.9 Å². The molecule has 2 aromatic rings. The van der Waals surface area contributed by atoms with E-state index >= 15 is 0 Å². The summed E-state index contributed by atoms with van der Waals surface area (Å²) in [6.45, 7) is 20.7. The van der Waals surface area contributed by atoms with Crippen LogP contribution >= 0.6 is 0 Å². The van der Waals surface area contributed by atoms with E-state index in [2.05, 4.69) is 32.2 Å². The highest BCUT2D eigenvalue weighted by Crippen LogP contribution is 2.42. The fraction of sp³-hybridized carbons (Fsp3) is 0.562. The van der Waals surface area contributed by atoms with Crippen LogP contribution in [0, 0.1) is 26.7 Å². The first kappa shape index (κ1) is 56.3. The first-order valence-electron chi connectivity index (χ1n) is 22.7. The van der Waals surface area contributed by atoms with Crippen molar-refractivity contribution in [1.29, 1.82) is 0 Å². The van der Waals surface area contributed by atoms with Gasteiger partial charge in [0.1, 0.15) is 48.3 Å². The number of carbonyl (C=O) groups excluding carboxylic acids is 6. The maximum atomic E-state index is 14.1. The molecule has 20 heteroatoms. The fourth-order valence-corrected chi connectivity index (χ4v) is 8.79. The average molecular weight is 970 g/mol. The van der Waals surface area contributed by atoms with Gasteiger partial charge in [-0.25, -0.2) is 17.9 Å². The lowest BCUT2D eigenvalue weighted by atomic mass is 9.88. The van der Waals surface area contributed by atoms with Crippen LogP contribution in [0.25, 0.3) is 0 Å². The second-order valence-electron chi connectivity index (χ2n) is 18.7. The Hall–Kier alpha value is -6.02. The fourth-order valence-electron chi connectivity index (χ4n) is 7.26. The number of amides is 3. The molecule has 3 rings (SSSR count). The highest BCUT2D eigenvalue weighted by Gasteiger charge is 2.36. The zero-order valence-corrected chi connectivity index (χ0v) is 41.9. The molecule has 0 radical (unpaired) electrons. The SMILES string of the molecule is C=CCOC(=O)C[C@H](NC(=O)[C@@H](NC(=O)[C@H](CCCN=C(N)NS(=O)(=O)c1c(C)c(C)c2c(c1C)CCC(C)(C)O2)NC(=O)[C@@H](N)CCC(=O)OC(C)(C)C)C(C)C)C(=O)OCc1ccccc1. The summed E-state index contributed by atoms with van der Waals surface area (Å²) < 4.78 is 52.0. The van der Waals surface area contributed by atoms with Gasteiger partial charge in [-0.1, -0.05) is 56.8 Å². The standard InChI is InChI=1S/C48H71N7O12S/c1-12-25-64-38(57)26-36(45(61)65-27-32-17-14-13-15-18-32)53-44(60)39(28(2)3)54-43(59)35(52-42(58)34(49)20-21-37(56)66-47(7,8)9)19-16-24-51-46(50)55-68(62,63)41-30(5)29(4)40-33(31(41)6)22-23-48(10,11)67-40/h12-15,17-18,28,34-36,39H,1,16,19-27,49H2,2-11H3,(H,52,58)(H,53,60)(H,54,59)(H3,50,51,55)/t34-,35-,36-,39-/m0/s1. The van der Waals surface area contributed by atoms with Gasteiger partial charge < -0.3 is 46.4 Å². The first-order valence-corrected chi connectivity index (χ1v) is 24.1. The van der Waals surface area contributed by atoms with Crippen LogP contribution in [0.4, 0.5) is 0 Å². The summed E-state index contributed by atoms with van der Waals surface area (Å²) in [5.41, 5.74) is 14.3. The molecule has 1 aliphatic rings. The summed E-state index contributed by atoms with van der Waals surface area (Å²) in [7, 11) is -4.22. The van der Waals surface area contributed by atoms with Crippen LogP contribution in [0.2, 0.25) is 0 Å². The maximum Gasteiger partial charge on any atom is 0.329 e. The van der Waals surface area contributed by atoms with Crippen molar-refractivity contribution in [2.45, 2.75) is 161 Å². The Bertz CT molecular complexity index is 2290. The molecule has 3 amide bonds. The van der Waals surface area contributed by atoms with Crippen LogP contribution in [0.3, 0.4) is 0 Å². The van der Waals surface area contributed by atoms with Crippen LogP contribution in [0.5, 0.6) is 5.75 Å². The van der Waals surface area contributed by atoms with Gasteiger partial charge in [-0.05, 0) is 121 Å². The molecule has 19 nitrogen and oxygen atoms in total. The second kappa shape index (κ2) is 24.8. The van der Waals surface area contributed by atoms with Gasteiger partial charge in [-0.2, -0.15) is 0 Å². The highest BCUT2D eigenvalue weighted by molar-refractivity contribution is 7.90. The van der Waals surface area contributed by atoms with Crippen molar-refractivity contribution in [2.24, 2.45) is 22.4 Å². The van der Waals surface area contributed by atoms with Crippen LogP contribution in [0.15, 0.2) is 52.9 Å². The molecule has 8 N–H and O–H groups in total. The van der Waals surface area contributed by atoms with Gasteiger partial charge in [0, 0.05) is 13.0 Å². The summed E-state index contributed by atoms with van der Waals surface area (Å²) in [5, 5.41) is 7.75. The number of esters is 3. The molecule has 1 aliphatic heterocycles. The minimum absolute atomic E-state index is 0.0672. The number of hydrogen-bond acceptors (Lipinski definition) is 14. The van der Waals surface area contributed by atoms with Crippen molar-refractivity contribution in [2.75, 3.05) is 13.2 Å². The van der Waals surface area contributed by atoms with Gasteiger partial charge >= 0.3 is 17.9 Å². The molecule has 0 saturated heterocycles. The van der Waals surface area contributed by atoms with Crippen LogP contribution in [-0.4, -0.2) is 98.5 Å². The van der Waals surface area contributed by atoms with Crippen LogP contribution in [0.1, 0.15) is 115 Å². The number of ether oxygens (including phenoxy) is 4. The molecule has 0 fully saturated rings. The Morgan fingerprint density at radius 3 is 2.16 bits per heavy atom. The van der Waals surface area contributed by atoms with Gasteiger partial charge in [0.05, 0.1) is 17.4 Å². The highest BCUT2D eigenvalue weighted by atomic mass is 32.2. The normalized spacial score (nSPS) is 15.3. The predicted molar refractivity (Wildman–Crippen MR) is 255 cm³/mol. The third-order valence-corrected chi connectivity index (χ3v) is 12.6. The number of benzene rings is 2. The van der Waals surface area contributed by atoms with Gasteiger partial charge in [0.15, 0.2) is 0 Å². The van der Waals surface area contributed by atoms with E-state index < -0.39 is 99.3 Å². The van der Waals surface area contributed by atoms with Gasteiger partial charge in [-0.15, -0.1) is 0 Å². The number of nitrogens with zero attached hydrogens (tertiary/aromatic N) is 1. The number of nitrogens with two attached hydrogens (primary N) is 2. The van der Waals surface area contributed by atoms with E-state index in [1.807, 2.05) is 20.8 Å². The Morgan fingerprint density at radius 1 is 0.897 bits per heavy atom. The minimum Gasteiger partial charge on any atom is -0.487 e. The lowest BCUT2D eigenvalue weighted by Gasteiger charge is -2.35. The molecule has 0 aliphatic carbocycles. The number of sulfonamides is 1. The Kier molecular flexibility index (Phi) is 20.6. The van der Waals surface area contributed by atoms with Crippen LogP contribution in [-0.2, 0) is 66.0 Å². The van der Waals surface area contributed by atoms with E-state index in [9.17, 15) is 37.2 Å². The van der Waals surface area contributed by atoms with Crippen molar-refractivity contribution in [3.63, 3.8) is 0 Å². The zero-order chi connectivity index (χ0) is 51.1. The Labute approximate surface area is 400 Å². The monoisotopic (exact) mass is 969 g/mol. The smallest absolute Gasteiger partial charge is 0.329 e. The van der Waals surface area contributed by atoms with E-state index in [1.54, 1.807) is 78.8 Å². The third-order valence-electron chi connectivity index (χ3n) is 11.0. The molecule has 0 spiro atoms. The number of nitrogens with one attached hydrogen (secondary N) is 4. The van der Waals surface area contributed by atoms with Crippen molar-refractivity contribution in [1.82, 2.24) is 20.7 Å². The Balaban J connectivity index is 1.82. The zero-order valence-electron chi connectivity index (χ0n) is 41.0. The molecule has 0 unspecified atom stereocenters. The third kappa shape index (κ3) is 17.2. The number of hydrogen-bond donors (Lipinski definition) is 6. The van der Waals surface area contributed by atoms with E-state index in [0.29, 0.717) is 40.8 Å². The van der Waals surface area contributed by atoms with E-state index in [1.165, 1.54) is 6.08 Å². The number of fused-ring (bicyclic) bond motifs is 1. The van der Waals surface area contributed by atoms with Crippen molar-refractivity contribution in [3.05, 3.63) is 70.8 Å². The summed E-state index contributed by atoms with van der Waals surface area (Å²) in [6, 6.07) is 3.34. The average Bonchev–Trinajstić information content (AvgIpc) is 3.24. The van der Waals surface area contributed by atoms with Crippen molar-refractivity contribution in [3.8, 4) is 5.75 Å². The van der Waals surface area contributed by atoms with Crippen molar-refractivity contribution >= 4 is 51.6 Å². The Morgan fingerprint density at radius 2 is 1.54 bits per heavy atom. The summed E-state index contributed by atoms with van der Waals surface area (Å²) in [6.07, 6.45) is 1.74. The van der Waals surface area contributed by atoms with Crippen molar-refractivity contribution < 1.29 is 56.1 Å². The number of rotatable bonds is 23. The molecule has 1 heterocycles. The predicted octanol–water partition coefficient (Wildman–Crippen LogP) is 3.51. The maximum absolute atomic E-state index is 14.1. The molecule has 376 valence electrons. The lowest BCUT2D eigenvalue weighted by Crippen LogP contribution is -2.58. The largest absolute Gasteiger partial charge is 0.487 e. The lowest BCUT2D eigenvalue weighted by molar-refractivity contribution is -0.155. The number of carbonyl (C=O) groups is 6. The first-order chi connectivity index (χ1) is 31.7. The number of aliphatic imine (C=N–C) groups is 1. The van der Waals surface area contributed by atoms with Gasteiger partial charge in [0.2, 0.25) is 23.7 Å². The minimum atomic E-state index is -4.22. The molecule has 2 aromatic carbocycles. The summed E-state index contributed by atoms with van der Waals surface area (Å²) in [5.74, 6) is -5.10. The molecule has 0 saturated carbocycles. The van der Waals surface area contributed by atoms with Gasteiger partial charge in [0.25, 0.3) is 10.0 Å².